The standard InChI is InChI=1S/C17H21FN2O2S/c1-13(2)11-12-19-15-5-7-16(8-6-15)20-23(21,22)17-9-3-14(18)4-10-17/h3-10,13,19-20H,11-12H2,1-2H3. The van der Waals surface area contributed by atoms with Crippen LogP contribution in [0.2, 0.25) is 0 Å². The van der Waals surface area contributed by atoms with Gasteiger partial charge < -0.3 is 5.32 Å². The lowest BCUT2D eigenvalue weighted by molar-refractivity contribution is 0.599. The van der Waals surface area contributed by atoms with E-state index in [4.69, 9.17) is 0 Å². The van der Waals surface area contributed by atoms with Crippen molar-refractivity contribution >= 4 is 21.4 Å². The second-order valence-electron chi connectivity index (χ2n) is 5.75. The van der Waals surface area contributed by atoms with Crippen LogP contribution in [0.4, 0.5) is 15.8 Å². The lowest BCUT2D eigenvalue weighted by Crippen LogP contribution is -2.13. The van der Waals surface area contributed by atoms with Gasteiger partial charge in [-0.25, -0.2) is 12.8 Å². The van der Waals surface area contributed by atoms with E-state index in [1.165, 1.54) is 12.1 Å². The molecule has 2 aromatic rings. The van der Waals surface area contributed by atoms with Crippen LogP contribution < -0.4 is 10.0 Å². The molecular weight excluding hydrogens is 315 g/mol. The van der Waals surface area contributed by atoms with Crippen molar-refractivity contribution < 1.29 is 12.8 Å². The van der Waals surface area contributed by atoms with Gasteiger partial charge in [-0.2, -0.15) is 0 Å². The van der Waals surface area contributed by atoms with Crippen LogP contribution in [0.5, 0.6) is 0 Å². The highest BCUT2D eigenvalue weighted by atomic mass is 32.2. The van der Waals surface area contributed by atoms with Gasteiger partial charge in [0.25, 0.3) is 10.0 Å². The second-order valence-corrected chi connectivity index (χ2v) is 7.43. The van der Waals surface area contributed by atoms with Gasteiger partial charge in [-0.1, -0.05) is 13.8 Å². The maximum Gasteiger partial charge on any atom is 0.261 e. The Balaban J connectivity index is 2.01. The molecule has 0 unspecified atom stereocenters. The van der Waals surface area contributed by atoms with E-state index in [2.05, 4.69) is 23.9 Å². The maximum absolute atomic E-state index is 12.9. The Bertz CT molecular complexity index is 726. The first-order valence-electron chi connectivity index (χ1n) is 7.49. The van der Waals surface area contributed by atoms with Crippen molar-refractivity contribution in [3.63, 3.8) is 0 Å². The number of anilines is 2. The fourth-order valence-corrected chi connectivity index (χ4v) is 3.05. The lowest BCUT2D eigenvalue weighted by atomic mass is 10.1. The minimum absolute atomic E-state index is 0.0260. The van der Waals surface area contributed by atoms with Gasteiger partial charge in [-0.05, 0) is 60.9 Å². The van der Waals surface area contributed by atoms with E-state index in [1.807, 2.05) is 12.1 Å². The van der Waals surface area contributed by atoms with E-state index in [9.17, 15) is 12.8 Å². The highest BCUT2D eigenvalue weighted by Crippen LogP contribution is 2.19. The summed E-state index contributed by atoms with van der Waals surface area (Å²) in [6, 6.07) is 11.7. The molecule has 0 saturated heterocycles. The first-order chi connectivity index (χ1) is 10.9. The number of hydrogen-bond donors (Lipinski definition) is 2. The zero-order valence-corrected chi connectivity index (χ0v) is 14.0. The molecule has 2 rings (SSSR count). The van der Waals surface area contributed by atoms with Gasteiger partial charge in [-0.3, -0.25) is 4.72 Å². The van der Waals surface area contributed by atoms with Crippen LogP contribution in [0.25, 0.3) is 0 Å². The minimum Gasteiger partial charge on any atom is -0.385 e. The van der Waals surface area contributed by atoms with Crippen LogP contribution in [0, 0.1) is 11.7 Å². The van der Waals surface area contributed by atoms with Gasteiger partial charge in [-0.15, -0.1) is 0 Å². The molecule has 6 heteroatoms. The molecule has 0 atom stereocenters. The summed E-state index contributed by atoms with van der Waals surface area (Å²) in [6.45, 7) is 5.20. The van der Waals surface area contributed by atoms with Gasteiger partial charge in [0.1, 0.15) is 5.82 Å². The van der Waals surface area contributed by atoms with Crippen molar-refractivity contribution in [2.75, 3.05) is 16.6 Å². The summed E-state index contributed by atoms with van der Waals surface area (Å²) in [6.07, 6.45) is 1.07. The molecule has 0 radical (unpaired) electrons. The molecule has 0 fully saturated rings. The molecule has 0 aliphatic heterocycles. The molecular formula is C17H21FN2O2S. The average molecular weight is 336 g/mol. The monoisotopic (exact) mass is 336 g/mol. The molecule has 2 N–H and O–H groups in total. The van der Waals surface area contributed by atoms with E-state index in [0.717, 1.165) is 30.8 Å². The average Bonchev–Trinajstić information content (AvgIpc) is 2.49. The predicted octanol–water partition coefficient (Wildman–Crippen LogP) is 4.08. The van der Waals surface area contributed by atoms with Gasteiger partial charge in [0.05, 0.1) is 4.90 Å². The Morgan fingerprint density at radius 1 is 0.957 bits per heavy atom. The molecule has 0 aromatic heterocycles. The first kappa shape index (κ1) is 17.3. The van der Waals surface area contributed by atoms with Crippen LogP contribution in [0.15, 0.2) is 53.4 Å². The Morgan fingerprint density at radius 3 is 2.09 bits per heavy atom. The van der Waals surface area contributed by atoms with Gasteiger partial charge in [0.15, 0.2) is 0 Å². The molecule has 0 aliphatic rings. The molecule has 124 valence electrons. The molecule has 4 nitrogen and oxygen atoms in total. The van der Waals surface area contributed by atoms with Crippen molar-refractivity contribution in [1.82, 2.24) is 0 Å². The molecule has 0 aliphatic carbocycles. The Kier molecular flexibility index (Phi) is 5.60. The van der Waals surface area contributed by atoms with Crippen molar-refractivity contribution in [2.24, 2.45) is 5.92 Å². The first-order valence-corrected chi connectivity index (χ1v) is 8.97. The zero-order valence-electron chi connectivity index (χ0n) is 13.2. The summed E-state index contributed by atoms with van der Waals surface area (Å²) in [5.74, 6) is 0.157. The third kappa shape index (κ3) is 5.25. The number of sulfonamides is 1. The van der Waals surface area contributed by atoms with E-state index < -0.39 is 15.8 Å². The summed E-state index contributed by atoms with van der Waals surface area (Å²) in [5.41, 5.74) is 1.40. The minimum atomic E-state index is -3.71. The van der Waals surface area contributed by atoms with Gasteiger partial charge >= 0.3 is 0 Å². The largest absolute Gasteiger partial charge is 0.385 e. The van der Waals surface area contributed by atoms with Crippen molar-refractivity contribution in [2.45, 2.75) is 25.2 Å². The second kappa shape index (κ2) is 7.46. The molecule has 23 heavy (non-hydrogen) atoms. The Hall–Kier alpha value is -2.08. The number of nitrogens with one attached hydrogen (secondary N) is 2. The van der Waals surface area contributed by atoms with E-state index in [0.29, 0.717) is 11.6 Å². The molecule has 0 heterocycles. The Labute approximate surface area is 136 Å². The van der Waals surface area contributed by atoms with Crippen LogP contribution >= 0.6 is 0 Å². The SMILES string of the molecule is CC(C)CCNc1ccc(NS(=O)(=O)c2ccc(F)cc2)cc1. The molecule has 0 spiro atoms. The lowest BCUT2D eigenvalue weighted by Gasteiger charge is -2.11. The molecule has 0 amide bonds. The normalized spacial score (nSPS) is 11.5. The quantitative estimate of drug-likeness (QED) is 0.801. The third-order valence-electron chi connectivity index (χ3n) is 3.31. The van der Waals surface area contributed by atoms with E-state index in [-0.39, 0.29) is 4.90 Å². The number of benzene rings is 2. The molecule has 0 saturated carbocycles. The van der Waals surface area contributed by atoms with Crippen LogP contribution in [-0.4, -0.2) is 15.0 Å². The number of hydrogen-bond acceptors (Lipinski definition) is 3. The highest BCUT2D eigenvalue weighted by Gasteiger charge is 2.13. The van der Waals surface area contributed by atoms with E-state index in [1.54, 1.807) is 12.1 Å². The summed E-state index contributed by atoms with van der Waals surface area (Å²) in [7, 11) is -3.71. The summed E-state index contributed by atoms with van der Waals surface area (Å²) < 4.78 is 39.7. The zero-order chi connectivity index (χ0) is 16.9. The third-order valence-corrected chi connectivity index (χ3v) is 4.71. The maximum atomic E-state index is 12.9. The highest BCUT2D eigenvalue weighted by molar-refractivity contribution is 7.92. The fourth-order valence-electron chi connectivity index (χ4n) is 1.99. The predicted molar refractivity (Wildman–Crippen MR) is 91.6 cm³/mol. The number of halogens is 1. The van der Waals surface area contributed by atoms with Crippen molar-refractivity contribution in [3.05, 3.63) is 54.3 Å². The van der Waals surface area contributed by atoms with Crippen molar-refractivity contribution in [1.29, 1.82) is 0 Å². The summed E-state index contributed by atoms with van der Waals surface area (Å²) in [5, 5.41) is 3.29. The summed E-state index contributed by atoms with van der Waals surface area (Å²) >= 11 is 0. The molecule has 0 bridgehead atoms. The van der Waals surface area contributed by atoms with Gasteiger partial charge in [0, 0.05) is 17.9 Å². The van der Waals surface area contributed by atoms with Crippen LogP contribution in [-0.2, 0) is 10.0 Å². The Morgan fingerprint density at radius 2 is 1.52 bits per heavy atom. The van der Waals surface area contributed by atoms with Crippen molar-refractivity contribution in [3.8, 4) is 0 Å². The smallest absolute Gasteiger partial charge is 0.261 e. The van der Waals surface area contributed by atoms with E-state index >= 15 is 0 Å². The van der Waals surface area contributed by atoms with Crippen LogP contribution in [0.3, 0.4) is 0 Å². The molecule has 2 aromatic carbocycles. The van der Waals surface area contributed by atoms with Gasteiger partial charge in [0.2, 0.25) is 0 Å². The number of rotatable bonds is 7. The summed E-state index contributed by atoms with van der Waals surface area (Å²) in [4.78, 5) is 0.0260. The topological polar surface area (TPSA) is 58.2 Å². The fraction of sp³-hybridized carbons (Fsp3) is 0.294. The van der Waals surface area contributed by atoms with Crippen LogP contribution in [0.1, 0.15) is 20.3 Å².